The SMILES string of the molecule is CCCCSC(C)C(=O)c1ccc(C2CCCCC2)cc1. The summed E-state index contributed by atoms with van der Waals surface area (Å²) in [5.74, 6) is 2.09. The molecule has 1 aromatic carbocycles. The van der Waals surface area contributed by atoms with Gasteiger partial charge in [0.25, 0.3) is 0 Å². The number of hydrogen-bond acceptors (Lipinski definition) is 2. The second-order valence-electron chi connectivity index (χ2n) is 6.19. The third-order valence-electron chi connectivity index (χ3n) is 4.51. The van der Waals surface area contributed by atoms with Crippen molar-refractivity contribution in [2.45, 2.75) is 70.0 Å². The highest BCUT2D eigenvalue weighted by Crippen LogP contribution is 2.32. The summed E-state index contributed by atoms with van der Waals surface area (Å²) in [5.41, 5.74) is 2.31. The van der Waals surface area contributed by atoms with Gasteiger partial charge in [0.1, 0.15) is 0 Å². The van der Waals surface area contributed by atoms with Gasteiger partial charge < -0.3 is 0 Å². The Morgan fingerprint density at radius 3 is 2.48 bits per heavy atom. The predicted molar refractivity (Wildman–Crippen MR) is 93.4 cm³/mol. The first-order valence-electron chi connectivity index (χ1n) is 8.48. The maximum atomic E-state index is 12.4. The molecule has 1 fully saturated rings. The molecule has 1 aliphatic rings. The quantitative estimate of drug-likeness (QED) is 0.465. The van der Waals surface area contributed by atoms with Crippen molar-refractivity contribution in [3.63, 3.8) is 0 Å². The number of benzene rings is 1. The highest BCUT2D eigenvalue weighted by atomic mass is 32.2. The number of hydrogen-bond donors (Lipinski definition) is 0. The van der Waals surface area contributed by atoms with Gasteiger partial charge in [-0.1, -0.05) is 56.9 Å². The van der Waals surface area contributed by atoms with E-state index >= 15 is 0 Å². The van der Waals surface area contributed by atoms with Gasteiger partial charge in [-0.3, -0.25) is 4.79 Å². The maximum Gasteiger partial charge on any atom is 0.175 e. The van der Waals surface area contributed by atoms with Crippen molar-refractivity contribution in [2.75, 3.05) is 5.75 Å². The highest BCUT2D eigenvalue weighted by molar-refractivity contribution is 8.00. The average Bonchev–Trinajstić information content (AvgIpc) is 2.55. The van der Waals surface area contributed by atoms with Crippen molar-refractivity contribution in [3.05, 3.63) is 35.4 Å². The van der Waals surface area contributed by atoms with Crippen LogP contribution in [-0.4, -0.2) is 16.8 Å². The monoisotopic (exact) mass is 304 g/mol. The minimum atomic E-state index is 0.0806. The molecule has 0 spiro atoms. The molecular formula is C19H28OS. The van der Waals surface area contributed by atoms with Crippen LogP contribution in [-0.2, 0) is 0 Å². The second kappa shape index (κ2) is 8.63. The molecule has 21 heavy (non-hydrogen) atoms. The molecule has 1 atom stereocenters. The Hall–Kier alpha value is -0.760. The van der Waals surface area contributed by atoms with E-state index in [9.17, 15) is 4.79 Å². The molecule has 1 aromatic rings. The summed E-state index contributed by atoms with van der Waals surface area (Å²) in [6, 6.07) is 8.46. The van der Waals surface area contributed by atoms with Crippen LogP contribution in [0.4, 0.5) is 0 Å². The molecule has 0 aliphatic heterocycles. The number of unbranched alkanes of at least 4 members (excludes halogenated alkanes) is 1. The molecule has 0 radical (unpaired) electrons. The first-order chi connectivity index (χ1) is 10.2. The van der Waals surface area contributed by atoms with Gasteiger partial charge in [0.15, 0.2) is 5.78 Å². The van der Waals surface area contributed by atoms with Crippen LogP contribution in [0.25, 0.3) is 0 Å². The van der Waals surface area contributed by atoms with Crippen molar-refractivity contribution >= 4 is 17.5 Å². The van der Waals surface area contributed by atoms with Crippen molar-refractivity contribution in [3.8, 4) is 0 Å². The van der Waals surface area contributed by atoms with E-state index in [-0.39, 0.29) is 11.0 Å². The number of Topliss-reactive ketones (excluding diaryl/α,β-unsaturated/α-hetero) is 1. The smallest absolute Gasteiger partial charge is 0.175 e. The minimum absolute atomic E-state index is 0.0806. The fraction of sp³-hybridized carbons (Fsp3) is 0.632. The first-order valence-corrected chi connectivity index (χ1v) is 9.53. The number of carbonyl (C=O) groups is 1. The molecule has 0 heterocycles. The van der Waals surface area contributed by atoms with Crippen molar-refractivity contribution < 1.29 is 4.79 Å². The zero-order chi connectivity index (χ0) is 15.1. The van der Waals surface area contributed by atoms with Gasteiger partial charge >= 0.3 is 0 Å². The Morgan fingerprint density at radius 1 is 1.19 bits per heavy atom. The molecule has 2 rings (SSSR count). The van der Waals surface area contributed by atoms with Crippen LogP contribution < -0.4 is 0 Å². The Balaban J connectivity index is 1.92. The lowest BCUT2D eigenvalue weighted by molar-refractivity contribution is 0.0994. The van der Waals surface area contributed by atoms with E-state index in [1.807, 2.05) is 19.1 Å². The molecule has 0 saturated heterocycles. The van der Waals surface area contributed by atoms with E-state index in [0.29, 0.717) is 0 Å². The summed E-state index contributed by atoms with van der Waals surface area (Å²) in [6.07, 6.45) is 9.13. The number of thioether (sulfide) groups is 1. The molecule has 1 saturated carbocycles. The Kier molecular flexibility index (Phi) is 6.82. The molecule has 0 aromatic heterocycles. The molecule has 0 amide bonds. The lowest BCUT2D eigenvalue weighted by atomic mass is 9.84. The minimum Gasteiger partial charge on any atom is -0.293 e. The summed E-state index contributed by atoms with van der Waals surface area (Å²) < 4.78 is 0. The van der Waals surface area contributed by atoms with E-state index in [2.05, 4.69) is 19.1 Å². The van der Waals surface area contributed by atoms with Crippen LogP contribution in [0.5, 0.6) is 0 Å². The molecule has 1 unspecified atom stereocenters. The van der Waals surface area contributed by atoms with Crippen molar-refractivity contribution in [2.24, 2.45) is 0 Å². The van der Waals surface area contributed by atoms with Gasteiger partial charge in [0.05, 0.1) is 5.25 Å². The third-order valence-corrected chi connectivity index (χ3v) is 5.75. The van der Waals surface area contributed by atoms with E-state index in [4.69, 9.17) is 0 Å². The van der Waals surface area contributed by atoms with E-state index < -0.39 is 0 Å². The van der Waals surface area contributed by atoms with Crippen molar-refractivity contribution in [1.29, 1.82) is 0 Å². The van der Waals surface area contributed by atoms with Crippen LogP contribution in [0.15, 0.2) is 24.3 Å². The number of carbonyl (C=O) groups excluding carboxylic acids is 1. The maximum absolute atomic E-state index is 12.4. The summed E-state index contributed by atoms with van der Waals surface area (Å²) in [7, 11) is 0. The summed E-state index contributed by atoms with van der Waals surface area (Å²) in [5, 5.41) is 0.0806. The van der Waals surface area contributed by atoms with Crippen LogP contribution in [0.3, 0.4) is 0 Å². The standard InChI is InChI=1S/C19H28OS/c1-3-4-14-21-15(2)19(20)18-12-10-17(11-13-18)16-8-6-5-7-9-16/h10-13,15-16H,3-9,14H2,1-2H3. The normalized spacial score (nSPS) is 17.6. The van der Waals surface area contributed by atoms with Crippen molar-refractivity contribution in [1.82, 2.24) is 0 Å². The zero-order valence-electron chi connectivity index (χ0n) is 13.4. The van der Waals surface area contributed by atoms with Crippen LogP contribution >= 0.6 is 11.8 Å². The molecule has 2 heteroatoms. The van der Waals surface area contributed by atoms with Crippen LogP contribution in [0.1, 0.15) is 80.6 Å². The third kappa shape index (κ3) is 4.88. The van der Waals surface area contributed by atoms with E-state index in [1.165, 1.54) is 50.5 Å². The van der Waals surface area contributed by atoms with E-state index in [1.54, 1.807) is 11.8 Å². The largest absolute Gasteiger partial charge is 0.293 e. The molecular weight excluding hydrogens is 276 g/mol. The van der Waals surface area contributed by atoms with Gasteiger partial charge in [-0.15, -0.1) is 0 Å². The molecule has 0 bridgehead atoms. The molecule has 116 valence electrons. The topological polar surface area (TPSA) is 17.1 Å². The zero-order valence-corrected chi connectivity index (χ0v) is 14.3. The first kappa shape index (κ1) is 16.6. The predicted octanol–water partition coefficient (Wildman–Crippen LogP) is 5.84. The fourth-order valence-corrected chi connectivity index (χ4v) is 4.17. The van der Waals surface area contributed by atoms with Gasteiger partial charge in [0.2, 0.25) is 0 Å². The molecule has 1 aliphatic carbocycles. The van der Waals surface area contributed by atoms with Gasteiger partial charge in [-0.25, -0.2) is 0 Å². The second-order valence-corrected chi connectivity index (χ2v) is 7.64. The summed E-state index contributed by atoms with van der Waals surface area (Å²) in [6.45, 7) is 4.23. The van der Waals surface area contributed by atoms with Gasteiger partial charge in [0, 0.05) is 5.56 Å². The Labute approximate surface area is 133 Å². The van der Waals surface area contributed by atoms with Gasteiger partial charge in [-0.2, -0.15) is 11.8 Å². The van der Waals surface area contributed by atoms with Gasteiger partial charge in [-0.05, 0) is 43.4 Å². The molecule has 0 N–H and O–H groups in total. The summed E-state index contributed by atoms with van der Waals surface area (Å²) >= 11 is 1.79. The molecule has 1 nitrogen and oxygen atoms in total. The van der Waals surface area contributed by atoms with Crippen LogP contribution in [0, 0.1) is 0 Å². The lowest BCUT2D eigenvalue weighted by Crippen LogP contribution is -2.14. The highest BCUT2D eigenvalue weighted by Gasteiger charge is 2.18. The Morgan fingerprint density at radius 2 is 1.86 bits per heavy atom. The number of ketones is 1. The van der Waals surface area contributed by atoms with Crippen LogP contribution in [0.2, 0.25) is 0 Å². The average molecular weight is 304 g/mol. The lowest BCUT2D eigenvalue weighted by Gasteiger charge is -2.22. The Bertz CT molecular complexity index is 431. The van der Waals surface area contributed by atoms with E-state index in [0.717, 1.165) is 17.2 Å². The number of rotatable bonds is 7. The summed E-state index contributed by atoms with van der Waals surface area (Å²) in [4.78, 5) is 12.4. The fourth-order valence-electron chi connectivity index (χ4n) is 3.07.